The summed E-state index contributed by atoms with van der Waals surface area (Å²) in [6.45, 7) is 3.70. The van der Waals surface area contributed by atoms with Gasteiger partial charge in [0.2, 0.25) is 10.0 Å². The number of aliphatic hydroxyl groups is 1. The predicted octanol–water partition coefficient (Wildman–Crippen LogP) is 3.19. The van der Waals surface area contributed by atoms with Gasteiger partial charge in [0, 0.05) is 47.7 Å². The second-order valence-electron chi connectivity index (χ2n) is 9.44. The van der Waals surface area contributed by atoms with E-state index in [0.717, 1.165) is 47.3 Å². The van der Waals surface area contributed by atoms with Crippen LogP contribution in [0.5, 0.6) is 5.75 Å². The maximum Gasteiger partial charge on any atom is 0.243 e. The molecule has 1 fully saturated rings. The largest absolute Gasteiger partial charge is 0.497 e. The highest BCUT2D eigenvalue weighted by Crippen LogP contribution is 2.49. The van der Waals surface area contributed by atoms with Crippen molar-refractivity contribution < 1.29 is 18.3 Å². The molecular formula is C25H31N3O4S. The predicted molar refractivity (Wildman–Crippen MR) is 128 cm³/mol. The third kappa shape index (κ3) is 3.56. The summed E-state index contributed by atoms with van der Waals surface area (Å²) in [7, 11) is 0.164. The molecular weight excluding hydrogens is 438 g/mol. The van der Waals surface area contributed by atoms with Crippen molar-refractivity contribution in [3.63, 3.8) is 0 Å². The van der Waals surface area contributed by atoms with Crippen LogP contribution < -0.4 is 4.74 Å². The van der Waals surface area contributed by atoms with Crippen molar-refractivity contribution in [2.45, 2.75) is 36.1 Å². The van der Waals surface area contributed by atoms with Crippen LogP contribution in [0.15, 0.2) is 47.4 Å². The SMILES string of the molecule is COc1ccc2c3c([nH]c2c1)[C@H](CO)N(C)CC31CCN(S(=O)(=O)c2ccc(C)cc2)CC1. The Bertz CT molecular complexity index is 1270. The van der Waals surface area contributed by atoms with Gasteiger partial charge in [0.15, 0.2) is 0 Å². The molecule has 0 radical (unpaired) electrons. The van der Waals surface area contributed by atoms with E-state index in [1.807, 2.05) is 38.2 Å². The number of ether oxygens (including phenoxy) is 1. The van der Waals surface area contributed by atoms with Crippen LogP contribution in [0.4, 0.5) is 0 Å². The van der Waals surface area contributed by atoms with Crippen LogP contribution in [-0.4, -0.2) is 68.1 Å². The molecule has 1 spiro atoms. The van der Waals surface area contributed by atoms with Gasteiger partial charge in [-0.2, -0.15) is 4.31 Å². The van der Waals surface area contributed by atoms with E-state index in [4.69, 9.17) is 4.74 Å². The highest BCUT2D eigenvalue weighted by atomic mass is 32.2. The van der Waals surface area contributed by atoms with E-state index in [1.54, 1.807) is 23.5 Å². The number of aromatic nitrogens is 1. The number of rotatable bonds is 4. The Morgan fingerprint density at radius 3 is 2.48 bits per heavy atom. The van der Waals surface area contributed by atoms with Crippen molar-refractivity contribution >= 4 is 20.9 Å². The average molecular weight is 470 g/mol. The highest BCUT2D eigenvalue weighted by Gasteiger charge is 2.47. The van der Waals surface area contributed by atoms with E-state index in [1.165, 1.54) is 5.56 Å². The maximum absolute atomic E-state index is 13.3. The number of hydrogen-bond donors (Lipinski definition) is 2. The minimum atomic E-state index is -3.52. The molecule has 0 aliphatic carbocycles. The van der Waals surface area contributed by atoms with Crippen LogP contribution in [0.25, 0.3) is 10.9 Å². The average Bonchev–Trinajstić information content (AvgIpc) is 3.19. The Morgan fingerprint density at radius 1 is 1.15 bits per heavy atom. The number of nitrogens with one attached hydrogen (secondary N) is 1. The van der Waals surface area contributed by atoms with Crippen molar-refractivity contribution in [2.75, 3.05) is 40.4 Å². The summed E-state index contributed by atoms with van der Waals surface area (Å²) in [5, 5.41) is 11.3. The van der Waals surface area contributed by atoms with Crippen LogP contribution in [0.2, 0.25) is 0 Å². The Balaban J connectivity index is 1.52. The fourth-order valence-corrected chi connectivity index (χ4v) is 7.13. The second-order valence-corrected chi connectivity index (χ2v) is 11.4. The summed E-state index contributed by atoms with van der Waals surface area (Å²) in [5.74, 6) is 0.781. The molecule has 7 nitrogen and oxygen atoms in total. The van der Waals surface area contributed by atoms with E-state index in [9.17, 15) is 13.5 Å². The Hall–Kier alpha value is -2.39. The number of hydrogen-bond acceptors (Lipinski definition) is 5. The number of benzene rings is 2. The fourth-order valence-electron chi connectivity index (χ4n) is 5.69. The van der Waals surface area contributed by atoms with Crippen molar-refractivity contribution in [1.29, 1.82) is 0 Å². The van der Waals surface area contributed by atoms with Gasteiger partial charge in [-0.15, -0.1) is 0 Å². The summed E-state index contributed by atoms with van der Waals surface area (Å²) >= 11 is 0. The molecule has 1 aromatic heterocycles. The van der Waals surface area contributed by atoms with Crippen LogP contribution in [0.3, 0.4) is 0 Å². The zero-order valence-corrected chi connectivity index (χ0v) is 20.2. The van der Waals surface area contributed by atoms with Crippen LogP contribution >= 0.6 is 0 Å². The minimum absolute atomic E-state index is 0.0253. The molecule has 0 unspecified atom stereocenters. The summed E-state index contributed by atoms with van der Waals surface area (Å²) < 4.78 is 33.6. The third-order valence-corrected chi connectivity index (χ3v) is 9.41. The molecule has 1 saturated heterocycles. The van der Waals surface area contributed by atoms with Gasteiger partial charge in [-0.25, -0.2) is 8.42 Å². The van der Waals surface area contributed by atoms with Crippen molar-refractivity contribution in [3.8, 4) is 5.75 Å². The van der Waals surface area contributed by atoms with Gasteiger partial charge in [-0.05, 0) is 56.6 Å². The molecule has 2 aromatic carbocycles. The number of likely N-dealkylation sites (N-methyl/N-ethyl adjacent to an activating group) is 1. The van der Waals surface area contributed by atoms with Crippen molar-refractivity contribution in [1.82, 2.24) is 14.2 Å². The molecule has 2 aliphatic heterocycles. The molecule has 2 aliphatic rings. The zero-order valence-electron chi connectivity index (χ0n) is 19.3. The first-order valence-electron chi connectivity index (χ1n) is 11.4. The summed E-state index contributed by atoms with van der Waals surface area (Å²) in [6.07, 6.45) is 1.46. The van der Waals surface area contributed by atoms with Gasteiger partial charge in [-0.1, -0.05) is 17.7 Å². The van der Waals surface area contributed by atoms with E-state index < -0.39 is 10.0 Å². The van der Waals surface area contributed by atoms with E-state index in [2.05, 4.69) is 16.0 Å². The number of aromatic amines is 1. The highest BCUT2D eigenvalue weighted by molar-refractivity contribution is 7.89. The molecule has 2 N–H and O–H groups in total. The number of H-pyrrole nitrogens is 1. The number of aryl methyl sites for hydroxylation is 1. The number of fused-ring (bicyclic) bond motifs is 4. The number of sulfonamides is 1. The monoisotopic (exact) mass is 469 g/mol. The Morgan fingerprint density at radius 2 is 1.85 bits per heavy atom. The summed E-state index contributed by atoms with van der Waals surface area (Å²) in [5.41, 5.74) is 4.11. The summed E-state index contributed by atoms with van der Waals surface area (Å²) in [6, 6.07) is 13.0. The molecule has 176 valence electrons. The van der Waals surface area contributed by atoms with E-state index in [0.29, 0.717) is 18.0 Å². The lowest BCUT2D eigenvalue weighted by atomic mass is 9.68. The quantitative estimate of drug-likeness (QED) is 0.613. The molecule has 8 heteroatoms. The lowest BCUT2D eigenvalue weighted by Gasteiger charge is -2.49. The van der Waals surface area contributed by atoms with Crippen LogP contribution in [0, 0.1) is 6.92 Å². The zero-order chi connectivity index (χ0) is 23.4. The standard InChI is InChI=1S/C25H31N3O4S/c1-17-4-7-19(8-5-17)33(30,31)28-12-10-25(11-13-28)16-27(2)22(15-29)24-23(25)20-9-6-18(32-3)14-21(20)26-24/h4-9,14,22,26,29H,10-13,15-16H2,1-3H3/t22-/m0/s1. The van der Waals surface area contributed by atoms with Crippen LogP contribution in [0.1, 0.15) is 35.7 Å². The molecule has 33 heavy (non-hydrogen) atoms. The first-order chi connectivity index (χ1) is 15.8. The Kier molecular flexibility index (Phi) is 5.52. The third-order valence-electron chi connectivity index (χ3n) is 7.49. The molecule has 0 bridgehead atoms. The topological polar surface area (TPSA) is 85.9 Å². The maximum atomic E-state index is 13.3. The molecule has 0 amide bonds. The van der Waals surface area contributed by atoms with Crippen molar-refractivity contribution in [3.05, 3.63) is 59.3 Å². The molecule has 0 saturated carbocycles. The Labute approximate surface area is 195 Å². The van der Waals surface area contributed by atoms with Crippen molar-refractivity contribution in [2.24, 2.45) is 0 Å². The van der Waals surface area contributed by atoms with Gasteiger partial charge in [0.1, 0.15) is 5.75 Å². The number of methoxy groups -OCH3 is 1. The fraction of sp³-hybridized carbons (Fsp3) is 0.440. The smallest absolute Gasteiger partial charge is 0.243 e. The van der Waals surface area contributed by atoms with Crippen LogP contribution in [-0.2, 0) is 15.4 Å². The number of aliphatic hydroxyl groups excluding tert-OH is 1. The van der Waals surface area contributed by atoms with Gasteiger partial charge in [-0.3, -0.25) is 4.90 Å². The van der Waals surface area contributed by atoms with E-state index in [-0.39, 0.29) is 18.1 Å². The molecule has 3 aromatic rings. The van der Waals surface area contributed by atoms with Gasteiger partial charge in [0.25, 0.3) is 0 Å². The van der Waals surface area contributed by atoms with Gasteiger partial charge in [0.05, 0.1) is 24.7 Å². The van der Waals surface area contributed by atoms with E-state index >= 15 is 0 Å². The number of piperidine rings is 1. The normalized spacial score (nSPS) is 21.4. The first-order valence-corrected chi connectivity index (χ1v) is 12.8. The molecule has 5 rings (SSSR count). The summed E-state index contributed by atoms with van der Waals surface area (Å²) in [4.78, 5) is 6.10. The molecule has 3 heterocycles. The molecule has 1 atom stereocenters. The first kappa shape index (κ1) is 22.4. The lowest BCUT2D eigenvalue weighted by molar-refractivity contribution is 0.0797. The minimum Gasteiger partial charge on any atom is -0.497 e. The number of nitrogens with zero attached hydrogens (tertiary/aromatic N) is 2. The second kappa shape index (κ2) is 8.13. The van der Waals surface area contributed by atoms with Gasteiger partial charge < -0.3 is 14.8 Å². The van der Waals surface area contributed by atoms with Gasteiger partial charge >= 0.3 is 0 Å². The lowest BCUT2D eigenvalue weighted by Crippen LogP contribution is -2.53.